The van der Waals surface area contributed by atoms with Crippen molar-refractivity contribution < 1.29 is 14.7 Å². The van der Waals surface area contributed by atoms with Crippen molar-refractivity contribution in [2.75, 3.05) is 18.5 Å². The Balaban J connectivity index is 1.69. The van der Waals surface area contributed by atoms with Crippen LogP contribution in [0.2, 0.25) is 0 Å². The molecule has 27 heavy (non-hydrogen) atoms. The Bertz CT molecular complexity index is 1000. The maximum Gasteiger partial charge on any atom is 0.323 e. The molecule has 0 aliphatic carbocycles. The summed E-state index contributed by atoms with van der Waals surface area (Å²) in [6.45, 7) is -0.416. The molecule has 0 radical (unpaired) electrons. The number of aliphatic carboxylic acids is 1. The molecule has 1 saturated heterocycles. The molecule has 2 aromatic carbocycles. The predicted octanol–water partition coefficient (Wildman–Crippen LogP) is 4.01. The van der Waals surface area contributed by atoms with Crippen LogP contribution in [0.1, 0.15) is 0 Å². The number of hydrogen-bond donors (Lipinski definition) is 1. The van der Waals surface area contributed by atoms with Crippen LogP contribution in [0, 0.1) is 0 Å². The normalized spacial score (nSPS) is 19.0. The van der Waals surface area contributed by atoms with E-state index in [1.807, 2.05) is 36.2 Å². The van der Waals surface area contributed by atoms with E-state index >= 15 is 0 Å². The zero-order valence-corrected chi connectivity index (χ0v) is 16.7. The summed E-state index contributed by atoms with van der Waals surface area (Å²) in [4.78, 5) is 28.3. The number of carboxylic acid groups (broad SMARTS) is 1. The maximum absolute atomic E-state index is 12.7. The number of carbonyl (C=O) groups excluding carboxylic acids is 1. The van der Waals surface area contributed by atoms with Gasteiger partial charge in [0.15, 0.2) is 0 Å². The van der Waals surface area contributed by atoms with Crippen molar-refractivity contribution in [2.45, 2.75) is 4.90 Å². The number of rotatable bonds is 3. The number of benzene rings is 2. The minimum Gasteiger partial charge on any atom is -0.480 e. The summed E-state index contributed by atoms with van der Waals surface area (Å²) in [7, 11) is 1.91. The number of carboxylic acids is 1. The van der Waals surface area contributed by atoms with Gasteiger partial charge < -0.3 is 10.0 Å². The Morgan fingerprint density at radius 3 is 2.56 bits per heavy atom. The number of carbonyl (C=O) groups is 2. The summed E-state index contributed by atoms with van der Waals surface area (Å²) in [6.07, 6.45) is 0. The number of anilines is 1. The van der Waals surface area contributed by atoms with Crippen molar-refractivity contribution >= 4 is 57.6 Å². The van der Waals surface area contributed by atoms with Crippen LogP contribution in [0.5, 0.6) is 0 Å². The van der Waals surface area contributed by atoms with Crippen LogP contribution in [-0.4, -0.2) is 39.8 Å². The summed E-state index contributed by atoms with van der Waals surface area (Å²) in [5.41, 5.74) is 3.24. The van der Waals surface area contributed by atoms with Gasteiger partial charge in [-0.05, 0) is 23.3 Å². The Kier molecular flexibility index (Phi) is 4.71. The van der Waals surface area contributed by atoms with E-state index < -0.39 is 12.5 Å². The molecule has 1 fully saturated rings. The van der Waals surface area contributed by atoms with Crippen LogP contribution in [-0.2, 0) is 9.59 Å². The van der Waals surface area contributed by atoms with E-state index in [0.717, 1.165) is 43.4 Å². The highest BCUT2D eigenvalue weighted by molar-refractivity contribution is 8.27. The van der Waals surface area contributed by atoms with Crippen LogP contribution in [0.3, 0.4) is 0 Å². The van der Waals surface area contributed by atoms with Crippen LogP contribution >= 0.6 is 35.7 Å². The monoisotopic (exact) mass is 414 g/mol. The molecule has 8 heteroatoms. The standard InChI is InChI=1S/C19H14N2O3S3/c1-20-13-9-12(11-5-3-2-4-6-11)7-8-14(13)26-18(20)16-17(24)21(10-15(22)23)19(25)27-16/h2-9H,10H2,1H3,(H,22,23)/b18-16-. The highest BCUT2D eigenvalue weighted by Gasteiger charge is 2.39. The average Bonchev–Trinajstić information content (AvgIpc) is 3.13. The zero-order chi connectivity index (χ0) is 19.1. The fourth-order valence-corrected chi connectivity index (χ4v) is 5.52. The third kappa shape index (κ3) is 3.24. The van der Waals surface area contributed by atoms with Crippen LogP contribution in [0.4, 0.5) is 5.69 Å². The summed E-state index contributed by atoms with van der Waals surface area (Å²) >= 11 is 7.86. The van der Waals surface area contributed by atoms with Gasteiger partial charge in [0.25, 0.3) is 5.91 Å². The molecule has 0 bridgehead atoms. The number of amides is 1. The third-order valence-corrected chi connectivity index (χ3v) is 7.08. The van der Waals surface area contributed by atoms with E-state index in [-0.39, 0.29) is 10.2 Å². The molecule has 1 N–H and O–H groups in total. The van der Waals surface area contributed by atoms with E-state index in [1.165, 1.54) is 11.8 Å². The largest absolute Gasteiger partial charge is 0.480 e. The first kappa shape index (κ1) is 18.1. The third-order valence-electron chi connectivity index (χ3n) is 4.28. The molecule has 0 unspecified atom stereocenters. The Labute approximate surface area is 170 Å². The lowest BCUT2D eigenvalue weighted by Crippen LogP contribution is -2.33. The van der Waals surface area contributed by atoms with Crippen LogP contribution in [0.25, 0.3) is 11.1 Å². The lowest BCUT2D eigenvalue weighted by atomic mass is 10.1. The average molecular weight is 415 g/mol. The van der Waals surface area contributed by atoms with Gasteiger partial charge in [-0.15, -0.1) is 0 Å². The van der Waals surface area contributed by atoms with Gasteiger partial charge in [-0.3, -0.25) is 14.5 Å². The van der Waals surface area contributed by atoms with E-state index in [1.54, 1.807) is 0 Å². The van der Waals surface area contributed by atoms with Gasteiger partial charge in [0.05, 0.1) is 10.7 Å². The molecule has 1 amide bonds. The Morgan fingerprint density at radius 1 is 1.11 bits per heavy atom. The van der Waals surface area contributed by atoms with Crippen molar-refractivity contribution in [2.24, 2.45) is 0 Å². The number of fused-ring (bicyclic) bond motifs is 1. The van der Waals surface area contributed by atoms with Gasteiger partial charge in [0, 0.05) is 11.9 Å². The molecule has 2 aliphatic heterocycles. The molecule has 5 nitrogen and oxygen atoms in total. The van der Waals surface area contributed by atoms with Gasteiger partial charge in [-0.25, -0.2) is 0 Å². The van der Waals surface area contributed by atoms with Crippen LogP contribution < -0.4 is 4.90 Å². The fourth-order valence-electron chi connectivity index (χ4n) is 2.95. The van der Waals surface area contributed by atoms with Crippen LogP contribution in [0.15, 0.2) is 63.4 Å². The molecule has 4 rings (SSSR count). The summed E-state index contributed by atoms with van der Waals surface area (Å²) in [5.74, 6) is -1.43. The number of thioether (sulfide) groups is 2. The molecule has 2 aliphatic rings. The van der Waals surface area contributed by atoms with Gasteiger partial charge in [0.1, 0.15) is 15.8 Å². The predicted molar refractivity (Wildman–Crippen MR) is 113 cm³/mol. The highest BCUT2D eigenvalue weighted by Crippen LogP contribution is 2.50. The molecule has 0 spiro atoms. The Morgan fingerprint density at radius 2 is 1.85 bits per heavy atom. The van der Waals surface area contributed by atoms with Gasteiger partial charge in [-0.1, -0.05) is 72.1 Å². The van der Waals surface area contributed by atoms with E-state index in [4.69, 9.17) is 17.3 Å². The van der Waals surface area contributed by atoms with E-state index in [2.05, 4.69) is 24.3 Å². The van der Waals surface area contributed by atoms with Crippen molar-refractivity contribution in [1.29, 1.82) is 0 Å². The SMILES string of the molecule is CN1/C(=C2/SC(=S)N(CC(=O)O)C2=O)Sc2ccc(-c3ccccc3)cc21. The number of hydrogen-bond acceptors (Lipinski definition) is 6. The summed E-state index contributed by atoms with van der Waals surface area (Å²) in [6, 6.07) is 16.3. The second kappa shape index (κ2) is 7.03. The van der Waals surface area contributed by atoms with Gasteiger partial charge in [-0.2, -0.15) is 0 Å². The summed E-state index contributed by atoms with van der Waals surface area (Å²) in [5, 5.41) is 9.78. The second-order valence-electron chi connectivity index (χ2n) is 6.00. The smallest absolute Gasteiger partial charge is 0.323 e. The molecule has 2 heterocycles. The minimum atomic E-state index is -1.08. The molecule has 0 aromatic heterocycles. The lowest BCUT2D eigenvalue weighted by molar-refractivity contribution is -0.140. The number of thiocarbonyl (C=S) groups is 1. The highest BCUT2D eigenvalue weighted by atomic mass is 32.2. The van der Waals surface area contributed by atoms with Crippen molar-refractivity contribution in [3.8, 4) is 11.1 Å². The van der Waals surface area contributed by atoms with Gasteiger partial charge >= 0.3 is 5.97 Å². The second-order valence-corrected chi connectivity index (χ2v) is 8.67. The first-order chi connectivity index (χ1) is 13.0. The molecular weight excluding hydrogens is 400 g/mol. The minimum absolute atomic E-state index is 0.278. The summed E-state index contributed by atoms with van der Waals surface area (Å²) < 4.78 is 0.278. The molecular formula is C19H14N2O3S3. The Hall–Kier alpha value is -2.29. The molecule has 2 aromatic rings. The van der Waals surface area contributed by atoms with Gasteiger partial charge in [0.2, 0.25) is 0 Å². The van der Waals surface area contributed by atoms with E-state index in [0.29, 0.717) is 4.91 Å². The quantitative estimate of drug-likeness (QED) is 0.601. The first-order valence-electron chi connectivity index (χ1n) is 8.06. The van der Waals surface area contributed by atoms with E-state index in [9.17, 15) is 9.59 Å². The van der Waals surface area contributed by atoms with Crippen molar-refractivity contribution in [3.63, 3.8) is 0 Å². The van der Waals surface area contributed by atoms with Crippen molar-refractivity contribution in [3.05, 3.63) is 58.5 Å². The zero-order valence-electron chi connectivity index (χ0n) is 14.2. The maximum atomic E-state index is 12.7. The molecule has 0 saturated carbocycles. The lowest BCUT2D eigenvalue weighted by Gasteiger charge is -2.16. The van der Waals surface area contributed by atoms with Crippen molar-refractivity contribution in [1.82, 2.24) is 4.90 Å². The fraction of sp³-hybridized carbons (Fsp3) is 0.105. The first-order valence-corrected chi connectivity index (χ1v) is 10.1. The topological polar surface area (TPSA) is 60.9 Å². The molecule has 136 valence electrons. The molecule has 0 atom stereocenters. The number of nitrogens with zero attached hydrogens (tertiary/aromatic N) is 2.